The molecule has 4 nitrogen and oxygen atoms in total. The summed E-state index contributed by atoms with van der Waals surface area (Å²) in [7, 11) is 0. The van der Waals surface area contributed by atoms with Crippen molar-refractivity contribution in [2.45, 2.75) is 33.1 Å². The molecule has 0 saturated heterocycles. The van der Waals surface area contributed by atoms with Crippen LogP contribution in [0.1, 0.15) is 33.1 Å². The van der Waals surface area contributed by atoms with E-state index < -0.39 is 11.9 Å². The molecule has 2 N–H and O–H groups in total. The predicted molar refractivity (Wildman–Crippen MR) is 57.7 cm³/mol. The highest BCUT2D eigenvalue weighted by molar-refractivity contribution is 5.92. The van der Waals surface area contributed by atoms with E-state index in [0.29, 0.717) is 12.0 Å². The Labute approximate surface area is 89.8 Å². The van der Waals surface area contributed by atoms with Crippen LogP contribution in [0.4, 0.5) is 0 Å². The van der Waals surface area contributed by atoms with E-state index in [2.05, 4.69) is 6.58 Å². The van der Waals surface area contributed by atoms with Gasteiger partial charge in [0.2, 0.25) is 5.91 Å². The van der Waals surface area contributed by atoms with E-state index in [1.165, 1.54) is 6.92 Å². The topological polar surface area (TPSA) is 69.4 Å². The number of hydrogen-bond donors (Lipinski definition) is 1. The fraction of sp³-hybridized carbons (Fsp3) is 0.455. The van der Waals surface area contributed by atoms with Crippen molar-refractivity contribution in [3.05, 3.63) is 24.0 Å². The first kappa shape index (κ1) is 13.4. The van der Waals surface area contributed by atoms with Gasteiger partial charge in [-0.05, 0) is 19.8 Å². The SMILES string of the molecule is C=C(C)C(=O)OC=C(CCCC)C(N)=O. The maximum absolute atomic E-state index is 11.0. The minimum absolute atomic E-state index is 0.283. The van der Waals surface area contributed by atoms with Crippen molar-refractivity contribution >= 4 is 11.9 Å². The molecule has 0 aromatic rings. The Bertz CT molecular complexity index is 292. The number of ether oxygens (including phenoxy) is 1. The van der Waals surface area contributed by atoms with Crippen LogP contribution in [0.15, 0.2) is 24.0 Å². The third kappa shape index (κ3) is 5.67. The van der Waals surface area contributed by atoms with Crippen molar-refractivity contribution in [3.8, 4) is 0 Å². The van der Waals surface area contributed by atoms with Gasteiger partial charge in [-0.1, -0.05) is 19.9 Å². The molecule has 0 radical (unpaired) electrons. The van der Waals surface area contributed by atoms with Crippen LogP contribution in [0.3, 0.4) is 0 Å². The third-order valence-corrected chi connectivity index (χ3v) is 1.77. The van der Waals surface area contributed by atoms with Gasteiger partial charge >= 0.3 is 5.97 Å². The van der Waals surface area contributed by atoms with Gasteiger partial charge in [-0.25, -0.2) is 4.79 Å². The van der Waals surface area contributed by atoms with Crippen LogP contribution in [0.5, 0.6) is 0 Å². The van der Waals surface area contributed by atoms with Gasteiger partial charge in [-0.2, -0.15) is 0 Å². The van der Waals surface area contributed by atoms with Crippen LogP contribution in [-0.2, 0) is 14.3 Å². The zero-order valence-corrected chi connectivity index (χ0v) is 9.21. The number of esters is 1. The van der Waals surface area contributed by atoms with Crippen LogP contribution in [0, 0.1) is 0 Å². The predicted octanol–water partition coefficient (Wildman–Crippen LogP) is 1.67. The number of unbranched alkanes of at least 4 members (excludes halogenated alkanes) is 1. The standard InChI is InChI=1S/C11H17NO3/c1-4-5-6-9(10(12)13)7-15-11(14)8(2)3/h7H,2,4-6H2,1,3H3,(H2,12,13). The molecule has 0 aliphatic heterocycles. The summed E-state index contributed by atoms with van der Waals surface area (Å²) in [5.41, 5.74) is 5.73. The molecule has 0 rings (SSSR count). The number of nitrogens with two attached hydrogens (primary N) is 1. The maximum Gasteiger partial charge on any atom is 0.337 e. The first-order valence-electron chi connectivity index (χ1n) is 4.84. The first-order valence-corrected chi connectivity index (χ1v) is 4.84. The van der Waals surface area contributed by atoms with Gasteiger partial charge < -0.3 is 10.5 Å². The Kier molecular flexibility index (Phi) is 6.09. The van der Waals surface area contributed by atoms with E-state index >= 15 is 0 Å². The molecular weight excluding hydrogens is 194 g/mol. The molecule has 0 aromatic heterocycles. The van der Waals surface area contributed by atoms with Crippen LogP contribution in [-0.4, -0.2) is 11.9 Å². The lowest BCUT2D eigenvalue weighted by atomic mass is 10.1. The Morgan fingerprint density at radius 1 is 1.47 bits per heavy atom. The highest BCUT2D eigenvalue weighted by atomic mass is 16.5. The summed E-state index contributed by atoms with van der Waals surface area (Å²) in [6.45, 7) is 6.95. The average Bonchev–Trinajstić information content (AvgIpc) is 2.16. The molecule has 0 aromatic carbocycles. The fourth-order valence-electron chi connectivity index (χ4n) is 0.833. The van der Waals surface area contributed by atoms with E-state index in [9.17, 15) is 9.59 Å². The summed E-state index contributed by atoms with van der Waals surface area (Å²) < 4.78 is 4.72. The first-order chi connectivity index (χ1) is 6.99. The molecule has 0 unspecified atom stereocenters. The highest BCUT2D eigenvalue weighted by Crippen LogP contribution is 2.07. The van der Waals surface area contributed by atoms with E-state index in [4.69, 9.17) is 10.5 Å². The summed E-state index contributed by atoms with van der Waals surface area (Å²) >= 11 is 0. The fourth-order valence-corrected chi connectivity index (χ4v) is 0.833. The minimum atomic E-state index is -0.557. The molecule has 15 heavy (non-hydrogen) atoms. The number of carbonyl (C=O) groups is 2. The second-order valence-electron chi connectivity index (χ2n) is 3.30. The highest BCUT2D eigenvalue weighted by Gasteiger charge is 2.07. The van der Waals surface area contributed by atoms with Crippen molar-refractivity contribution in [3.63, 3.8) is 0 Å². The smallest absolute Gasteiger partial charge is 0.337 e. The van der Waals surface area contributed by atoms with Crippen LogP contribution in [0.2, 0.25) is 0 Å². The molecule has 0 aliphatic rings. The Balaban J connectivity index is 4.35. The lowest BCUT2D eigenvalue weighted by molar-refractivity contribution is -0.133. The number of carbonyl (C=O) groups excluding carboxylic acids is 2. The molecule has 0 heterocycles. The minimum Gasteiger partial charge on any atom is -0.431 e. The zero-order chi connectivity index (χ0) is 11.8. The lowest BCUT2D eigenvalue weighted by Crippen LogP contribution is -2.15. The van der Waals surface area contributed by atoms with E-state index in [1.54, 1.807) is 0 Å². The summed E-state index contributed by atoms with van der Waals surface area (Å²) in [6, 6.07) is 0. The average molecular weight is 211 g/mol. The quantitative estimate of drug-likeness (QED) is 0.412. The Hall–Kier alpha value is -1.58. The molecule has 0 aliphatic carbocycles. The van der Waals surface area contributed by atoms with Crippen LogP contribution in [0.25, 0.3) is 0 Å². The molecule has 4 heteroatoms. The van der Waals surface area contributed by atoms with Crippen molar-refractivity contribution in [1.29, 1.82) is 0 Å². The molecular formula is C11H17NO3. The normalized spacial score (nSPS) is 10.9. The summed E-state index contributed by atoms with van der Waals surface area (Å²) in [5.74, 6) is -1.11. The van der Waals surface area contributed by atoms with Crippen LogP contribution >= 0.6 is 0 Å². The van der Waals surface area contributed by atoms with E-state index in [1.807, 2.05) is 6.92 Å². The van der Waals surface area contributed by atoms with Gasteiger partial charge in [0.15, 0.2) is 0 Å². The number of rotatable bonds is 6. The van der Waals surface area contributed by atoms with Gasteiger partial charge in [0.25, 0.3) is 0 Å². The second-order valence-corrected chi connectivity index (χ2v) is 3.30. The van der Waals surface area contributed by atoms with E-state index in [0.717, 1.165) is 19.1 Å². The summed E-state index contributed by atoms with van der Waals surface area (Å²) in [6.07, 6.45) is 3.42. The second kappa shape index (κ2) is 6.81. The molecule has 0 saturated carbocycles. The van der Waals surface area contributed by atoms with E-state index in [-0.39, 0.29) is 5.57 Å². The summed E-state index contributed by atoms with van der Waals surface area (Å²) in [4.78, 5) is 22.0. The lowest BCUT2D eigenvalue weighted by Gasteiger charge is -2.02. The van der Waals surface area contributed by atoms with Crippen molar-refractivity contribution in [1.82, 2.24) is 0 Å². The molecule has 0 spiro atoms. The molecule has 0 bridgehead atoms. The monoisotopic (exact) mass is 211 g/mol. The van der Waals surface area contributed by atoms with Crippen molar-refractivity contribution in [2.24, 2.45) is 5.73 Å². The molecule has 1 amide bonds. The Morgan fingerprint density at radius 3 is 2.47 bits per heavy atom. The number of primary amides is 1. The maximum atomic E-state index is 11.0. The largest absolute Gasteiger partial charge is 0.431 e. The number of amides is 1. The van der Waals surface area contributed by atoms with Gasteiger partial charge in [-0.3, -0.25) is 4.79 Å². The van der Waals surface area contributed by atoms with Gasteiger partial charge in [0, 0.05) is 5.57 Å². The van der Waals surface area contributed by atoms with Gasteiger partial charge in [0.05, 0.1) is 5.57 Å². The van der Waals surface area contributed by atoms with Crippen molar-refractivity contribution in [2.75, 3.05) is 0 Å². The number of hydrogen-bond acceptors (Lipinski definition) is 3. The summed E-state index contributed by atoms with van der Waals surface area (Å²) in [5, 5.41) is 0. The van der Waals surface area contributed by atoms with Gasteiger partial charge in [-0.15, -0.1) is 0 Å². The molecule has 0 fully saturated rings. The Morgan fingerprint density at radius 2 is 2.07 bits per heavy atom. The molecule has 84 valence electrons. The van der Waals surface area contributed by atoms with Crippen LogP contribution < -0.4 is 5.73 Å². The van der Waals surface area contributed by atoms with Gasteiger partial charge in [0.1, 0.15) is 6.26 Å². The molecule has 0 atom stereocenters. The third-order valence-electron chi connectivity index (χ3n) is 1.77. The van der Waals surface area contributed by atoms with Crippen molar-refractivity contribution < 1.29 is 14.3 Å². The zero-order valence-electron chi connectivity index (χ0n) is 9.21.